The van der Waals surface area contributed by atoms with Crippen LogP contribution in [0.1, 0.15) is 17.4 Å². The van der Waals surface area contributed by atoms with Crippen molar-refractivity contribution in [3.63, 3.8) is 0 Å². The minimum atomic E-state index is -0.517. The fourth-order valence-electron chi connectivity index (χ4n) is 2.18. The molecule has 2 aromatic carbocycles. The molecule has 3 rings (SSSR count). The van der Waals surface area contributed by atoms with Gasteiger partial charge in [0, 0.05) is 11.4 Å². The molecule has 0 saturated heterocycles. The summed E-state index contributed by atoms with van der Waals surface area (Å²) in [5.74, 6) is -0.176. The number of aromatic nitrogens is 2. The summed E-state index contributed by atoms with van der Waals surface area (Å²) in [6.07, 6.45) is 0. The third kappa shape index (κ3) is 3.21. The number of anilines is 3. The van der Waals surface area contributed by atoms with Gasteiger partial charge < -0.3 is 15.8 Å². The van der Waals surface area contributed by atoms with Gasteiger partial charge >= 0.3 is 5.97 Å². The number of carbonyl (C=O) groups is 1. The number of hydrogen-bond donors (Lipinski definition) is 2. The molecule has 1 heterocycles. The molecule has 0 aliphatic heterocycles. The predicted molar refractivity (Wildman–Crippen MR) is 89.6 cm³/mol. The molecule has 0 unspecified atom stereocenters. The molecule has 0 aliphatic carbocycles. The van der Waals surface area contributed by atoms with Crippen molar-refractivity contribution in [2.75, 3.05) is 17.7 Å². The lowest BCUT2D eigenvalue weighted by molar-refractivity contribution is 0.0521. The zero-order chi connectivity index (χ0) is 16.2. The van der Waals surface area contributed by atoms with Crippen molar-refractivity contribution < 1.29 is 9.53 Å². The number of ether oxygens (including phenoxy) is 1. The number of esters is 1. The van der Waals surface area contributed by atoms with Gasteiger partial charge in [-0.25, -0.2) is 14.8 Å². The third-order valence-electron chi connectivity index (χ3n) is 3.19. The molecule has 0 fully saturated rings. The van der Waals surface area contributed by atoms with E-state index in [0.29, 0.717) is 22.5 Å². The quantitative estimate of drug-likeness (QED) is 0.568. The van der Waals surface area contributed by atoms with Crippen LogP contribution >= 0.6 is 0 Å². The minimum Gasteiger partial charge on any atom is -0.461 e. The van der Waals surface area contributed by atoms with Gasteiger partial charge in [0.15, 0.2) is 11.5 Å². The van der Waals surface area contributed by atoms with E-state index in [-0.39, 0.29) is 12.3 Å². The van der Waals surface area contributed by atoms with Crippen LogP contribution in [-0.4, -0.2) is 22.5 Å². The highest BCUT2D eigenvalue weighted by Gasteiger charge is 2.17. The molecule has 0 radical (unpaired) electrons. The van der Waals surface area contributed by atoms with Crippen LogP contribution in [0.15, 0.2) is 48.5 Å². The van der Waals surface area contributed by atoms with Crippen LogP contribution in [-0.2, 0) is 4.74 Å². The van der Waals surface area contributed by atoms with E-state index in [1.807, 2.05) is 30.3 Å². The predicted octanol–water partition coefficient (Wildman–Crippen LogP) is 3.13. The van der Waals surface area contributed by atoms with Crippen molar-refractivity contribution >= 4 is 34.2 Å². The summed E-state index contributed by atoms with van der Waals surface area (Å²) in [6.45, 7) is 2.02. The molecule has 6 heteroatoms. The lowest BCUT2D eigenvalue weighted by atomic mass is 10.2. The summed E-state index contributed by atoms with van der Waals surface area (Å²) in [7, 11) is 0. The normalized spacial score (nSPS) is 10.5. The number of nitrogens with zero attached hydrogens (tertiary/aromatic N) is 2. The van der Waals surface area contributed by atoms with Gasteiger partial charge in [0.2, 0.25) is 0 Å². The van der Waals surface area contributed by atoms with Gasteiger partial charge in [-0.3, -0.25) is 0 Å². The number of nitrogens with one attached hydrogen (secondary N) is 1. The lowest BCUT2D eigenvalue weighted by Gasteiger charge is -2.11. The topological polar surface area (TPSA) is 90.1 Å². The molecule has 6 nitrogen and oxygen atoms in total. The van der Waals surface area contributed by atoms with Crippen LogP contribution in [0.4, 0.5) is 17.2 Å². The molecule has 116 valence electrons. The summed E-state index contributed by atoms with van der Waals surface area (Å²) in [6, 6.07) is 14.5. The Kier molecular flexibility index (Phi) is 4.05. The highest BCUT2D eigenvalue weighted by atomic mass is 16.5. The molecule has 1 aromatic heterocycles. The number of nitrogen functional groups attached to an aromatic ring is 1. The zero-order valence-electron chi connectivity index (χ0n) is 12.6. The average Bonchev–Trinajstić information content (AvgIpc) is 2.54. The summed E-state index contributed by atoms with van der Waals surface area (Å²) in [5.41, 5.74) is 8.58. The van der Waals surface area contributed by atoms with Crippen molar-refractivity contribution in [3.8, 4) is 0 Å². The van der Waals surface area contributed by atoms with Crippen molar-refractivity contribution in [2.24, 2.45) is 0 Å². The van der Waals surface area contributed by atoms with Gasteiger partial charge in [0.25, 0.3) is 0 Å². The highest BCUT2D eigenvalue weighted by Crippen LogP contribution is 2.23. The van der Waals surface area contributed by atoms with E-state index in [9.17, 15) is 4.79 Å². The highest BCUT2D eigenvalue weighted by molar-refractivity contribution is 5.96. The van der Waals surface area contributed by atoms with Crippen LogP contribution in [0.5, 0.6) is 0 Å². The fourth-order valence-corrected chi connectivity index (χ4v) is 2.18. The van der Waals surface area contributed by atoms with Gasteiger partial charge in [-0.2, -0.15) is 0 Å². The average molecular weight is 308 g/mol. The van der Waals surface area contributed by atoms with E-state index in [2.05, 4.69) is 15.3 Å². The lowest BCUT2D eigenvalue weighted by Crippen LogP contribution is -2.12. The second-order valence-corrected chi connectivity index (χ2v) is 4.88. The van der Waals surface area contributed by atoms with Gasteiger partial charge in [0.1, 0.15) is 0 Å². The van der Waals surface area contributed by atoms with Crippen LogP contribution in [0.3, 0.4) is 0 Å². The Hall–Kier alpha value is -3.15. The maximum absolute atomic E-state index is 12.2. The first kappa shape index (κ1) is 14.8. The summed E-state index contributed by atoms with van der Waals surface area (Å²) < 4.78 is 5.07. The number of hydrogen-bond acceptors (Lipinski definition) is 6. The number of rotatable bonds is 4. The van der Waals surface area contributed by atoms with Crippen molar-refractivity contribution in [1.29, 1.82) is 0 Å². The summed E-state index contributed by atoms with van der Waals surface area (Å²) in [4.78, 5) is 21.0. The maximum Gasteiger partial charge on any atom is 0.360 e. The fraction of sp³-hybridized carbons (Fsp3) is 0.118. The first-order valence-corrected chi connectivity index (χ1v) is 7.24. The second kappa shape index (κ2) is 6.31. The van der Waals surface area contributed by atoms with E-state index in [1.165, 1.54) is 0 Å². The van der Waals surface area contributed by atoms with E-state index in [1.54, 1.807) is 25.1 Å². The molecule has 0 amide bonds. The van der Waals surface area contributed by atoms with E-state index >= 15 is 0 Å². The van der Waals surface area contributed by atoms with Crippen LogP contribution in [0, 0.1) is 0 Å². The first-order valence-electron chi connectivity index (χ1n) is 7.24. The summed E-state index contributed by atoms with van der Waals surface area (Å²) in [5, 5.41) is 3.09. The number of nitrogens with two attached hydrogens (primary N) is 1. The van der Waals surface area contributed by atoms with E-state index < -0.39 is 5.97 Å². The maximum atomic E-state index is 12.2. The monoisotopic (exact) mass is 308 g/mol. The number of carbonyl (C=O) groups excluding carboxylic acids is 1. The molecule has 0 aliphatic rings. The zero-order valence-corrected chi connectivity index (χ0v) is 12.6. The molecule has 3 N–H and O–H groups in total. The van der Waals surface area contributed by atoms with Gasteiger partial charge in [0.05, 0.1) is 17.6 Å². The molecular weight excluding hydrogens is 292 g/mol. The minimum absolute atomic E-state index is 0.146. The van der Waals surface area contributed by atoms with Gasteiger partial charge in [-0.15, -0.1) is 0 Å². The van der Waals surface area contributed by atoms with Crippen LogP contribution < -0.4 is 11.1 Å². The van der Waals surface area contributed by atoms with E-state index in [0.717, 1.165) is 5.69 Å². The van der Waals surface area contributed by atoms with Crippen LogP contribution in [0.2, 0.25) is 0 Å². The SMILES string of the molecule is CCOC(=O)c1nc2ccccc2nc1Nc1cccc(N)c1. The Morgan fingerprint density at radius 1 is 1.13 bits per heavy atom. The Bertz CT molecular complexity index is 864. The molecule has 0 saturated carbocycles. The van der Waals surface area contributed by atoms with Crippen molar-refractivity contribution in [2.45, 2.75) is 6.92 Å². The van der Waals surface area contributed by atoms with Crippen molar-refractivity contribution in [1.82, 2.24) is 9.97 Å². The largest absolute Gasteiger partial charge is 0.461 e. The van der Waals surface area contributed by atoms with E-state index in [4.69, 9.17) is 10.5 Å². The standard InChI is InChI=1S/C17H16N4O2/c1-2-23-17(22)15-16(19-12-7-5-6-11(18)10-12)21-14-9-4-3-8-13(14)20-15/h3-10H,2,18H2,1H3,(H,19,21). The third-order valence-corrected chi connectivity index (χ3v) is 3.19. The van der Waals surface area contributed by atoms with Gasteiger partial charge in [-0.05, 0) is 37.3 Å². The molecule has 3 aromatic rings. The molecule has 0 spiro atoms. The molecular formula is C17H16N4O2. The Morgan fingerprint density at radius 3 is 2.57 bits per heavy atom. The first-order chi connectivity index (χ1) is 11.2. The number of fused-ring (bicyclic) bond motifs is 1. The smallest absolute Gasteiger partial charge is 0.360 e. The van der Waals surface area contributed by atoms with Crippen molar-refractivity contribution in [3.05, 3.63) is 54.2 Å². The number of para-hydroxylation sites is 2. The Labute approximate surface area is 133 Å². The molecule has 0 atom stereocenters. The molecule has 23 heavy (non-hydrogen) atoms. The van der Waals surface area contributed by atoms with Crippen LogP contribution in [0.25, 0.3) is 11.0 Å². The molecule has 0 bridgehead atoms. The Morgan fingerprint density at radius 2 is 1.87 bits per heavy atom. The Balaban J connectivity index is 2.08. The second-order valence-electron chi connectivity index (χ2n) is 4.88. The summed E-state index contributed by atoms with van der Waals surface area (Å²) >= 11 is 0. The van der Waals surface area contributed by atoms with Gasteiger partial charge in [-0.1, -0.05) is 18.2 Å². The number of benzene rings is 2.